The first-order valence-corrected chi connectivity index (χ1v) is 17.9. The molecule has 2 amide bonds. The summed E-state index contributed by atoms with van der Waals surface area (Å²) in [4.78, 5) is 30.5. The lowest BCUT2D eigenvalue weighted by molar-refractivity contribution is -0.140. The molecule has 1 saturated carbocycles. The number of amides is 2. The van der Waals surface area contributed by atoms with Gasteiger partial charge >= 0.3 is 0 Å². The van der Waals surface area contributed by atoms with Crippen LogP contribution in [-0.4, -0.2) is 43.8 Å². The van der Waals surface area contributed by atoms with Crippen molar-refractivity contribution in [3.63, 3.8) is 0 Å². The standard InChI is InChI=1S/C39H45N3O4S/c1-29-14-20-33(21-15-29)27-41(37(26-32-10-6-4-7-11-32)39(44)40-34-12-8-5-9-13-34)38(43)28-42(35-22-16-30(2)17-23-35)47(45,46)36-24-18-31(3)19-25-36/h4,6-7,10-11,14-25,34,37H,5,8-9,12-13,26-28H2,1-3H3,(H,40,44). The van der Waals surface area contributed by atoms with Crippen LogP contribution in [0.5, 0.6) is 0 Å². The molecule has 8 heteroatoms. The highest BCUT2D eigenvalue weighted by Gasteiger charge is 2.35. The molecule has 1 aliphatic rings. The van der Waals surface area contributed by atoms with Crippen molar-refractivity contribution in [2.75, 3.05) is 10.8 Å². The highest BCUT2D eigenvalue weighted by molar-refractivity contribution is 7.92. The molecule has 0 bridgehead atoms. The van der Waals surface area contributed by atoms with Crippen LogP contribution in [-0.2, 0) is 32.6 Å². The van der Waals surface area contributed by atoms with Gasteiger partial charge in [0.05, 0.1) is 10.6 Å². The highest BCUT2D eigenvalue weighted by Crippen LogP contribution is 2.26. The van der Waals surface area contributed by atoms with Crippen molar-refractivity contribution >= 4 is 27.5 Å². The Bertz CT molecular complexity index is 1730. The van der Waals surface area contributed by atoms with E-state index in [0.717, 1.165) is 59.9 Å². The molecule has 4 aromatic rings. The quantitative estimate of drug-likeness (QED) is 0.181. The zero-order chi connectivity index (χ0) is 33.4. The summed E-state index contributed by atoms with van der Waals surface area (Å²) in [5, 5.41) is 3.26. The summed E-state index contributed by atoms with van der Waals surface area (Å²) >= 11 is 0. The minimum atomic E-state index is -4.13. The molecule has 0 spiro atoms. The van der Waals surface area contributed by atoms with Crippen LogP contribution in [0.1, 0.15) is 59.9 Å². The number of rotatable bonds is 12. The summed E-state index contributed by atoms with van der Waals surface area (Å²) in [5.41, 5.74) is 5.13. The summed E-state index contributed by atoms with van der Waals surface area (Å²) in [7, 11) is -4.13. The predicted molar refractivity (Wildman–Crippen MR) is 188 cm³/mol. The van der Waals surface area contributed by atoms with Gasteiger partial charge < -0.3 is 10.2 Å². The molecule has 7 nitrogen and oxygen atoms in total. The third-order valence-corrected chi connectivity index (χ3v) is 10.7. The van der Waals surface area contributed by atoms with E-state index in [-0.39, 0.29) is 23.4 Å². The number of carbonyl (C=O) groups excluding carboxylic acids is 2. The van der Waals surface area contributed by atoms with Gasteiger partial charge in [0.2, 0.25) is 11.8 Å². The van der Waals surface area contributed by atoms with Crippen molar-refractivity contribution in [1.29, 1.82) is 0 Å². The van der Waals surface area contributed by atoms with Gasteiger partial charge in [0, 0.05) is 19.0 Å². The Morgan fingerprint density at radius 2 is 1.28 bits per heavy atom. The SMILES string of the molecule is Cc1ccc(CN(C(=O)CN(c2ccc(C)cc2)S(=O)(=O)c2ccc(C)cc2)C(Cc2ccccc2)C(=O)NC2CCCCC2)cc1. The van der Waals surface area contributed by atoms with E-state index in [2.05, 4.69) is 5.32 Å². The molecular formula is C39H45N3O4S. The number of anilines is 1. The molecule has 0 heterocycles. The van der Waals surface area contributed by atoms with Gasteiger partial charge in [0.25, 0.3) is 10.0 Å². The number of carbonyl (C=O) groups is 2. The fraction of sp³-hybridized carbons (Fsp3) is 0.333. The second-order valence-corrected chi connectivity index (χ2v) is 14.6. The van der Waals surface area contributed by atoms with Crippen LogP contribution in [0, 0.1) is 20.8 Å². The molecule has 1 N–H and O–H groups in total. The van der Waals surface area contributed by atoms with Crippen LogP contribution in [0.15, 0.2) is 108 Å². The zero-order valence-corrected chi connectivity index (χ0v) is 28.4. The van der Waals surface area contributed by atoms with Crippen molar-refractivity contribution in [3.05, 3.63) is 131 Å². The lowest BCUT2D eigenvalue weighted by Crippen LogP contribution is -2.55. The molecule has 0 aliphatic heterocycles. The lowest BCUT2D eigenvalue weighted by Gasteiger charge is -2.35. The number of hydrogen-bond acceptors (Lipinski definition) is 4. The van der Waals surface area contributed by atoms with Crippen molar-refractivity contribution in [2.24, 2.45) is 0 Å². The third kappa shape index (κ3) is 8.89. The minimum absolute atomic E-state index is 0.0526. The molecule has 4 aromatic carbocycles. The third-order valence-electron chi connectivity index (χ3n) is 8.91. The van der Waals surface area contributed by atoms with Crippen molar-refractivity contribution < 1.29 is 18.0 Å². The zero-order valence-electron chi connectivity index (χ0n) is 27.6. The molecule has 246 valence electrons. The van der Waals surface area contributed by atoms with Crippen molar-refractivity contribution in [2.45, 2.75) is 82.8 Å². The maximum absolute atomic E-state index is 14.7. The van der Waals surface area contributed by atoms with Gasteiger partial charge in [0.15, 0.2) is 0 Å². The van der Waals surface area contributed by atoms with Gasteiger partial charge in [-0.25, -0.2) is 8.42 Å². The minimum Gasteiger partial charge on any atom is -0.352 e. The van der Waals surface area contributed by atoms with E-state index in [0.29, 0.717) is 12.1 Å². The number of hydrogen-bond donors (Lipinski definition) is 1. The molecule has 5 rings (SSSR count). The second-order valence-electron chi connectivity index (χ2n) is 12.7. The van der Waals surface area contributed by atoms with Gasteiger partial charge in [-0.15, -0.1) is 0 Å². The monoisotopic (exact) mass is 651 g/mol. The smallest absolute Gasteiger partial charge is 0.264 e. The molecule has 1 unspecified atom stereocenters. The van der Waals surface area contributed by atoms with E-state index in [1.807, 2.05) is 87.5 Å². The Morgan fingerprint density at radius 1 is 0.723 bits per heavy atom. The number of nitrogens with one attached hydrogen (secondary N) is 1. The van der Waals surface area contributed by atoms with Crippen molar-refractivity contribution in [3.8, 4) is 0 Å². The first kappa shape index (κ1) is 33.9. The molecular weight excluding hydrogens is 607 g/mol. The summed E-state index contributed by atoms with van der Waals surface area (Å²) < 4.78 is 29.6. The van der Waals surface area contributed by atoms with E-state index in [1.165, 1.54) is 4.31 Å². The van der Waals surface area contributed by atoms with Gasteiger partial charge in [-0.2, -0.15) is 0 Å². The van der Waals surface area contributed by atoms with Crippen LogP contribution in [0.25, 0.3) is 0 Å². The van der Waals surface area contributed by atoms with E-state index in [9.17, 15) is 18.0 Å². The van der Waals surface area contributed by atoms with Gasteiger partial charge in [0.1, 0.15) is 12.6 Å². The number of sulfonamides is 1. The molecule has 1 atom stereocenters. The van der Waals surface area contributed by atoms with Crippen LogP contribution >= 0.6 is 0 Å². The fourth-order valence-electron chi connectivity index (χ4n) is 6.07. The number of aryl methyl sites for hydroxylation is 3. The lowest BCUT2D eigenvalue weighted by atomic mass is 9.94. The average molecular weight is 652 g/mol. The molecule has 1 fully saturated rings. The van der Waals surface area contributed by atoms with Gasteiger partial charge in [-0.1, -0.05) is 115 Å². The largest absolute Gasteiger partial charge is 0.352 e. The number of nitrogens with zero attached hydrogens (tertiary/aromatic N) is 2. The summed E-state index contributed by atoms with van der Waals surface area (Å²) in [6.07, 6.45) is 5.39. The van der Waals surface area contributed by atoms with Crippen LogP contribution < -0.4 is 9.62 Å². The maximum atomic E-state index is 14.7. The van der Waals surface area contributed by atoms with Crippen LogP contribution in [0.4, 0.5) is 5.69 Å². The summed E-state index contributed by atoms with van der Waals surface area (Å²) in [6, 6.07) is 30.5. The summed E-state index contributed by atoms with van der Waals surface area (Å²) in [5.74, 6) is -0.675. The Morgan fingerprint density at radius 3 is 1.87 bits per heavy atom. The van der Waals surface area contributed by atoms with Gasteiger partial charge in [-0.05, 0) is 69.0 Å². The molecule has 47 heavy (non-hydrogen) atoms. The normalized spacial score (nSPS) is 14.3. The van der Waals surface area contributed by atoms with E-state index < -0.39 is 28.5 Å². The van der Waals surface area contributed by atoms with Gasteiger partial charge in [-0.3, -0.25) is 13.9 Å². The molecule has 0 radical (unpaired) electrons. The molecule has 1 aliphatic carbocycles. The first-order valence-electron chi connectivity index (χ1n) is 16.5. The van der Waals surface area contributed by atoms with E-state index in [1.54, 1.807) is 41.3 Å². The Balaban J connectivity index is 1.55. The van der Waals surface area contributed by atoms with E-state index >= 15 is 0 Å². The Kier molecular flexibility index (Phi) is 11.1. The second kappa shape index (κ2) is 15.4. The molecule has 0 aromatic heterocycles. The van der Waals surface area contributed by atoms with Crippen LogP contribution in [0.3, 0.4) is 0 Å². The van der Waals surface area contributed by atoms with Crippen LogP contribution in [0.2, 0.25) is 0 Å². The van der Waals surface area contributed by atoms with Crippen molar-refractivity contribution in [1.82, 2.24) is 10.2 Å². The maximum Gasteiger partial charge on any atom is 0.264 e. The highest BCUT2D eigenvalue weighted by atomic mass is 32.2. The fourth-order valence-corrected chi connectivity index (χ4v) is 7.48. The Labute approximate surface area is 279 Å². The topological polar surface area (TPSA) is 86.8 Å². The number of benzene rings is 4. The summed E-state index contributed by atoms with van der Waals surface area (Å²) in [6.45, 7) is 5.51. The Hall–Kier alpha value is -4.43. The molecule has 0 saturated heterocycles. The first-order chi connectivity index (χ1) is 22.6. The predicted octanol–water partition coefficient (Wildman–Crippen LogP) is 6.90. The average Bonchev–Trinajstić information content (AvgIpc) is 3.07. The van der Waals surface area contributed by atoms with E-state index in [4.69, 9.17) is 0 Å².